The molecule has 0 saturated carbocycles. The summed E-state index contributed by atoms with van der Waals surface area (Å²) < 4.78 is 1.90. The number of nitrogens with zero attached hydrogens (tertiary/aromatic N) is 1. The largest absolute Gasteiger partial charge is 0.354 e. The quantitative estimate of drug-likeness (QED) is 0.779. The van der Waals surface area contributed by atoms with Gasteiger partial charge in [0.1, 0.15) is 6.04 Å². The summed E-state index contributed by atoms with van der Waals surface area (Å²) in [5.74, 6) is 0.575. The first kappa shape index (κ1) is 10.8. The van der Waals surface area contributed by atoms with E-state index in [1.54, 1.807) is 0 Å². The lowest BCUT2D eigenvalue weighted by Crippen LogP contribution is -2.33. The molecule has 1 aromatic rings. The molecule has 1 N–H and O–H groups in total. The Morgan fingerprint density at radius 1 is 1.29 bits per heavy atom. The van der Waals surface area contributed by atoms with Gasteiger partial charge in [0.15, 0.2) is 0 Å². The third-order valence-electron chi connectivity index (χ3n) is 2.14. The Bertz CT molecular complexity index is 277. The fourth-order valence-corrected chi connectivity index (χ4v) is 1.19. The van der Waals surface area contributed by atoms with E-state index in [4.69, 9.17) is 0 Å². The van der Waals surface area contributed by atoms with E-state index in [0.717, 1.165) is 6.54 Å². The first-order chi connectivity index (χ1) is 6.61. The standard InChI is InChI=1S/C11H18N2O/c1-9(2)8-12-11(14)10(3)13-6-4-5-7-13/h4-7,9-10H,8H2,1-3H3,(H,12,14). The predicted octanol–water partition coefficient (Wildman–Crippen LogP) is 1.82. The van der Waals surface area contributed by atoms with E-state index in [2.05, 4.69) is 19.2 Å². The third kappa shape index (κ3) is 2.91. The van der Waals surface area contributed by atoms with Crippen molar-refractivity contribution in [3.8, 4) is 0 Å². The second kappa shape index (κ2) is 4.84. The topological polar surface area (TPSA) is 34.0 Å². The van der Waals surface area contributed by atoms with E-state index in [9.17, 15) is 4.79 Å². The maximum atomic E-state index is 11.6. The molecular weight excluding hydrogens is 176 g/mol. The van der Waals surface area contributed by atoms with Crippen LogP contribution in [0.1, 0.15) is 26.8 Å². The fraction of sp³-hybridized carbons (Fsp3) is 0.545. The Morgan fingerprint density at radius 2 is 1.86 bits per heavy atom. The molecule has 0 saturated heterocycles. The number of nitrogens with one attached hydrogen (secondary N) is 1. The van der Waals surface area contributed by atoms with Gasteiger partial charge in [0.2, 0.25) is 5.91 Å². The monoisotopic (exact) mass is 194 g/mol. The number of carbonyl (C=O) groups is 1. The molecule has 0 spiro atoms. The van der Waals surface area contributed by atoms with Crippen LogP contribution in [0.2, 0.25) is 0 Å². The molecular formula is C11H18N2O. The molecule has 3 nitrogen and oxygen atoms in total. The first-order valence-corrected chi connectivity index (χ1v) is 5.01. The summed E-state index contributed by atoms with van der Waals surface area (Å²) in [7, 11) is 0. The molecule has 14 heavy (non-hydrogen) atoms. The van der Waals surface area contributed by atoms with Crippen LogP contribution in [0, 0.1) is 5.92 Å². The SMILES string of the molecule is CC(C)CNC(=O)C(C)n1cccc1. The van der Waals surface area contributed by atoms with E-state index < -0.39 is 0 Å². The van der Waals surface area contributed by atoms with Crippen molar-refractivity contribution in [3.63, 3.8) is 0 Å². The Labute approximate surface area is 85.1 Å². The van der Waals surface area contributed by atoms with Crippen molar-refractivity contribution in [2.75, 3.05) is 6.54 Å². The summed E-state index contributed by atoms with van der Waals surface area (Å²) in [6, 6.07) is 3.72. The summed E-state index contributed by atoms with van der Waals surface area (Å²) in [5, 5.41) is 2.91. The molecule has 0 aliphatic carbocycles. The smallest absolute Gasteiger partial charge is 0.242 e. The van der Waals surface area contributed by atoms with Crippen LogP contribution in [-0.2, 0) is 4.79 Å². The molecule has 1 atom stereocenters. The number of aromatic nitrogens is 1. The van der Waals surface area contributed by atoms with Crippen LogP contribution in [0.25, 0.3) is 0 Å². The average Bonchev–Trinajstić information content (AvgIpc) is 2.65. The Balaban J connectivity index is 2.45. The fourth-order valence-electron chi connectivity index (χ4n) is 1.19. The number of rotatable bonds is 4. The van der Waals surface area contributed by atoms with Crippen molar-refractivity contribution < 1.29 is 4.79 Å². The normalized spacial score (nSPS) is 12.9. The summed E-state index contributed by atoms with van der Waals surface area (Å²) >= 11 is 0. The van der Waals surface area contributed by atoms with E-state index >= 15 is 0 Å². The van der Waals surface area contributed by atoms with Gasteiger partial charge in [-0.3, -0.25) is 4.79 Å². The maximum absolute atomic E-state index is 11.6. The molecule has 0 aliphatic rings. The molecule has 1 unspecified atom stereocenters. The number of carbonyl (C=O) groups excluding carboxylic acids is 1. The van der Waals surface area contributed by atoms with Crippen molar-refractivity contribution in [1.82, 2.24) is 9.88 Å². The Hall–Kier alpha value is -1.25. The van der Waals surface area contributed by atoms with Crippen LogP contribution in [-0.4, -0.2) is 17.0 Å². The summed E-state index contributed by atoms with van der Waals surface area (Å²) in [5.41, 5.74) is 0. The third-order valence-corrected chi connectivity index (χ3v) is 2.14. The van der Waals surface area contributed by atoms with Gasteiger partial charge in [0, 0.05) is 18.9 Å². The highest BCUT2D eigenvalue weighted by molar-refractivity contribution is 5.79. The highest BCUT2D eigenvalue weighted by atomic mass is 16.2. The number of amides is 1. The number of hydrogen-bond acceptors (Lipinski definition) is 1. The van der Waals surface area contributed by atoms with Gasteiger partial charge in [-0.15, -0.1) is 0 Å². The summed E-state index contributed by atoms with van der Waals surface area (Å²) in [6.45, 7) is 6.81. The van der Waals surface area contributed by atoms with Crippen molar-refractivity contribution in [2.24, 2.45) is 5.92 Å². The molecule has 1 aromatic heterocycles. The van der Waals surface area contributed by atoms with E-state index in [1.807, 2.05) is 36.0 Å². The van der Waals surface area contributed by atoms with E-state index in [0.29, 0.717) is 5.92 Å². The zero-order valence-electron chi connectivity index (χ0n) is 9.03. The van der Waals surface area contributed by atoms with Crippen LogP contribution >= 0.6 is 0 Å². The molecule has 1 amide bonds. The molecule has 0 aromatic carbocycles. The van der Waals surface area contributed by atoms with Crippen molar-refractivity contribution >= 4 is 5.91 Å². The molecule has 1 heterocycles. The van der Waals surface area contributed by atoms with Gasteiger partial charge in [-0.2, -0.15) is 0 Å². The molecule has 0 bridgehead atoms. The maximum Gasteiger partial charge on any atom is 0.242 e. The minimum Gasteiger partial charge on any atom is -0.354 e. The molecule has 3 heteroatoms. The van der Waals surface area contributed by atoms with E-state index in [1.165, 1.54) is 0 Å². The Morgan fingerprint density at radius 3 is 2.36 bits per heavy atom. The lowest BCUT2D eigenvalue weighted by Gasteiger charge is -2.14. The van der Waals surface area contributed by atoms with Gasteiger partial charge in [-0.05, 0) is 25.0 Å². The predicted molar refractivity (Wildman–Crippen MR) is 57.0 cm³/mol. The van der Waals surface area contributed by atoms with Gasteiger partial charge in [-0.25, -0.2) is 0 Å². The first-order valence-electron chi connectivity index (χ1n) is 5.01. The molecule has 78 valence electrons. The highest BCUT2D eigenvalue weighted by Crippen LogP contribution is 2.05. The summed E-state index contributed by atoms with van der Waals surface area (Å²) in [4.78, 5) is 11.6. The molecule has 0 fully saturated rings. The van der Waals surface area contributed by atoms with Crippen molar-refractivity contribution in [2.45, 2.75) is 26.8 Å². The summed E-state index contributed by atoms with van der Waals surface area (Å²) in [6.07, 6.45) is 3.80. The second-order valence-corrected chi connectivity index (χ2v) is 3.95. The number of hydrogen-bond donors (Lipinski definition) is 1. The average molecular weight is 194 g/mol. The zero-order valence-corrected chi connectivity index (χ0v) is 9.03. The molecule has 0 aliphatic heterocycles. The van der Waals surface area contributed by atoms with Gasteiger partial charge < -0.3 is 9.88 Å². The van der Waals surface area contributed by atoms with Gasteiger partial charge in [-0.1, -0.05) is 13.8 Å². The van der Waals surface area contributed by atoms with E-state index in [-0.39, 0.29) is 11.9 Å². The second-order valence-electron chi connectivity index (χ2n) is 3.95. The van der Waals surface area contributed by atoms with Crippen LogP contribution in [0.5, 0.6) is 0 Å². The zero-order chi connectivity index (χ0) is 10.6. The van der Waals surface area contributed by atoms with Gasteiger partial charge >= 0.3 is 0 Å². The van der Waals surface area contributed by atoms with Crippen LogP contribution < -0.4 is 5.32 Å². The van der Waals surface area contributed by atoms with Gasteiger partial charge in [0.05, 0.1) is 0 Å². The molecule has 0 radical (unpaired) electrons. The lowest BCUT2D eigenvalue weighted by molar-refractivity contribution is -0.124. The van der Waals surface area contributed by atoms with Crippen molar-refractivity contribution in [3.05, 3.63) is 24.5 Å². The van der Waals surface area contributed by atoms with Crippen LogP contribution in [0.4, 0.5) is 0 Å². The van der Waals surface area contributed by atoms with Crippen LogP contribution in [0.15, 0.2) is 24.5 Å². The minimum absolute atomic E-state index is 0.0786. The minimum atomic E-state index is -0.122. The highest BCUT2D eigenvalue weighted by Gasteiger charge is 2.12. The molecule has 1 rings (SSSR count). The van der Waals surface area contributed by atoms with Gasteiger partial charge in [0.25, 0.3) is 0 Å². The van der Waals surface area contributed by atoms with Crippen LogP contribution in [0.3, 0.4) is 0 Å². The van der Waals surface area contributed by atoms with Crippen molar-refractivity contribution in [1.29, 1.82) is 0 Å². The lowest BCUT2D eigenvalue weighted by atomic mass is 10.2. The Kier molecular flexibility index (Phi) is 3.74.